The minimum absolute atomic E-state index is 0.0521. The second kappa shape index (κ2) is 13.5. The van der Waals surface area contributed by atoms with E-state index in [4.69, 9.17) is 9.47 Å². The van der Waals surface area contributed by atoms with Crippen LogP contribution >= 0.6 is 0 Å². The van der Waals surface area contributed by atoms with E-state index in [1.54, 1.807) is 24.3 Å². The van der Waals surface area contributed by atoms with E-state index in [0.717, 1.165) is 42.0 Å². The summed E-state index contributed by atoms with van der Waals surface area (Å²) in [5.74, 6) is -1.80. The number of aromatic carboxylic acids is 1. The molecule has 1 aromatic heterocycles. The monoisotopic (exact) mass is 562 g/mol. The summed E-state index contributed by atoms with van der Waals surface area (Å²) >= 11 is 0. The molecule has 4 rings (SSSR count). The SMILES string of the molecule is CC(C)(C)COc1ccccc1NC(=O)c1cc(C(=O)O)nn1CC(=O)N[C@H]1CCCC[C@@H]1OCc1ccccc1. The van der Waals surface area contributed by atoms with Gasteiger partial charge in [-0.15, -0.1) is 0 Å². The number of carboxylic acid groups (broad SMARTS) is 1. The van der Waals surface area contributed by atoms with Gasteiger partial charge in [0, 0.05) is 6.07 Å². The summed E-state index contributed by atoms with van der Waals surface area (Å²) < 4.78 is 13.2. The Labute approximate surface area is 240 Å². The molecule has 10 heteroatoms. The van der Waals surface area contributed by atoms with Crippen LogP contribution in [0.4, 0.5) is 5.69 Å². The molecule has 0 bridgehead atoms. The molecule has 3 N–H and O–H groups in total. The Balaban J connectivity index is 1.44. The molecule has 1 heterocycles. The van der Waals surface area contributed by atoms with E-state index in [9.17, 15) is 19.5 Å². The van der Waals surface area contributed by atoms with Crippen LogP contribution in [0.3, 0.4) is 0 Å². The Hall–Kier alpha value is -4.18. The molecule has 0 saturated heterocycles. The number of nitrogens with one attached hydrogen (secondary N) is 2. The van der Waals surface area contributed by atoms with E-state index in [-0.39, 0.29) is 41.4 Å². The highest BCUT2D eigenvalue weighted by atomic mass is 16.5. The van der Waals surface area contributed by atoms with Crippen LogP contribution in [0, 0.1) is 5.41 Å². The van der Waals surface area contributed by atoms with Crippen LogP contribution in [0.25, 0.3) is 0 Å². The first-order valence-electron chi connectivity index (χ1n) is 13.9. The van der Waals surface area contributed by atoms with Gasteiger partial charge in [0.2, 0.25) is 5.91 Å². The molecule has 2 aromatic carbocycles. The quantitative estimate of drug-likeness (QED) is 0.303. The molecule has 0 radical (unpaired) electrons. The van der Waals surface area contributed by atoms with Crippen LogP contribution in [0.2, 0.25) is 0 Å². The number of rotatable bonds is 11. The summed E-state index contributed by atoms with van der Waals surface area (Å²) in [5.41, 5.74) is 1.01. The van der Waals surface area contributed by atoms with Crippen molar-refractivity contribution in [1.82, 2.24) is 15.1 Å². The summed E-state index contributed by atoms with van der Waals surface area (Å²) in [4.78, 5) is 38.1. The molecule has 3 aromatic rings. The molecular weight excluding hydrogens is 524 g/mol. The van der Waals surface area contributed by atoms with Crippen molar-refractivity contribution >= 4 is 23.5 Å². The third-order valence-electron chi connectivity index (χ3n) is 6.68. The Bertz CT molecular complexity index is 1350. The van der Waals surface area contributed by atoms with Crippen LogP contribution in [0.1, 0.15) is 73.0 Å². The number of para-hydroxylation sites is 2. The molecule has 1 aliphatic carbocycles. The fourth-order valence-electron chi connectivity index (χ4n) is 4.63. The van der Waals surface area contributed by atoms with Gasteiger partial charge in [0.1, 0.15) is 18.0 Å². The van der Waals surface area contributed by atoms with Crippen molar-refractivity contribution in [2.45, 2.75) is 71.8 Å². The van der Waals surface area contributed by atoms with Gasteiger partial charge in [0.15, 0.2) is 5.69 Å². The van der Waals surface area contributed by atoms with E-state index in [1.165, 1.54) is 0 Å². The lowest BCUT2D eigenvalue weighted by Crippen LogP contribution is -2.47. The number of aromatic nitrogens is 2. The first kappa shape index (κ1) is 29.8. The molecule has 41 heavy (non-hydrogen) atoms. The molecule has 2 atom stereocenters. The summed E-state index contributed by atoms with van der Waals surface area (Å²) in [6, 6.07) is 17.8. The van der Waals surface area contributed by atoms with E-state index in [1.807, 2.05) is 51.1 Å². The van der Waals surface area contributed by atoms with Gasteiger partial charge in [-0.3, -0.25) is 9.59 Å². The Morgan fingerprint density at radius 3 is 2.46 bits per heavy atom. The lowest BCUT2D eigenvalue weighted by atomic mass is 9.92. The van der Waals surface area contributed by atoms with Crippen LogP contribution in [-0.2, 0) is 22.7 Å². The highest BCUT2D eigenvalue weighted by Crippen LogP contribution is 2.27. The van der Waals surface area contributed by atoms with Crippen LogP contribution in [0.5, 0.6) is 5.75 Å². The Morgan fingerprint density at radius 1 is 1.02 bits per heavy atom. The van der Waals surface area contributed by atoms with Crippen LogP contribution < -0.4 is 15.4 Å². The average molecular weight is 563 g/mol. The third-order valence-corrected chi connectivity index (χ3v) is 6.68. The Kier molecular flexibility index (Phi) is 9.78. The number of nitrogens with zero attached hydrogens (tertiary/aromatic N) is 2. The van der Waals surface area contributed by atoms with Gasteiger partial charge in [-0.05, 0) is 36.0 Å². The number of amides is 2. The number of carbonyl (C=O) groups is 3. The maximum atomic E-state index is 13.3. The van der Waals surface area contributed by atoms with Gasteiger partial charge in [-0.2, -0.15) is 5.10 Å². The number of hydrogen-bond donors (Lipinski definition) is 3. The Morgan fingerprint density at radius 2 is 1.73 bits per heavy atom. The topological polar surface area (TPSA) is 132 Å². The lowest BCUT2D eigenvalue weighted by Gasteiger charge is -2.32. The van der Waals surface area contributed by atoms with Gasteiger partial charge in [-0.1, -0.05) is 76.1 Å². The number of hydrogen-bond acceptors (Lipinski definition) is 6. The molecule has 2 amide bonds. The second-order valence-corrected chi connectivity index (χ2v) is 11.5. The largest absolute Gasteiger partial charge is 0.491 e. The van der Waals surface area contributed by atoms with E-state index < -0.39 is 11.9 Å². The minimum Gasteiger partial charge on any atom is -0.491 e. The molecule has 0 spiro atoms. The number of benzene rings is 2. The predicted octanol–water partition coefficient (Wildman–Crippen LogP) is 4.90. The zero-order valence-electron chi connectivity index (χ0n) is 23.8. The standard InChI is InChI=1S/C31H38N4O6/c1-31(2,3)20-41-27-16-10-8-14-23(27)33-29(37)25-17-24(30(38)39)34-35(25)18-28(36)32-22-13-7-9-15-26(22)40-19-21-11-5-4-6-12-21/h4-6,8,10-12,14,16-17,22,26H,7,9,13,15,18-20H2,1-3H3,(H,32,36)(H,33,37)(H,38,39)/t22-,26-/m0/s1. The van der Waals surface area contributed by atoms with Crippen molar-refractivity contribution in [3.05, 3.63) is 77.6 Å². The highest BCUT2D eigenvalue weighted by Gasteiger charge is 2.28. The minimum atomic E-state index is -1.30. The highest BCUT2D eigenvalue weighted by molar-refractivity contribution is 6.05. The molecule has 0 aliphatic heterocycles. The molecule has 1 saturated carbocycles. The molecule has 1 fully saturated rings. The van der Waals surface area contributed by atoms with Gasteiger partial charge < -0.3 is 25.2 Å². The van der Waals surface area contributed by atoms with Gasteiger partial charge in [0.25, 0.3) is 5.91 Å². The zero-order chi connectivity index (χ0) is 29.4. The number of anilines is 1. The van der Waals surface area contributed by atoms with E-state index in [2.05, 4.69) is 15.7 Å². The zero-order valence-corrected chi connectivity index (χ0v) is 23.8. The predicted molar refractivity (Wildman–Crippen MR) is 154 cm³/mol. The molecule has 0 unspecified atom stereocenters. The van der Waals surface area contributed by atoms with Crippen LogP contribution in [-0.4, -0.2) is 51.4 Å². The summed E-state index contributed by atoms with van der Waals surface area (Å²) in [6.07, 6.45) is 3.42. The molecular formula is C31H38N4O6. The average Bonchev–Trinajstić information content (AvgIpc) is 3.36. The van der Waals surface area contributed by atoms with E-state index >= 15 is 0 Å². The first-order chi connectivity index (χ1) is 19.6. The van der Waals surface area contributed by atoms with Crippen molar-refractivity contribution in [3.63, 3.8) is 0 Å². The van der Waals surface area contributed by atoms with Gasteiger partial charge in [0.05, 0.1) is 31.0 Å². The molecule has 218 valence electrons. The van der Waals surface area contributed by atoms with Crippen molar-refractivity contribution in [2.24, 2.45) is 5.41 Å². The number of carbonyl (C=O) groups excluding carboxylic acids is 2. The summed E-state index contributed by atoms with van der Waals surface area (Å²) in [6.45, 7) is 6.67. The van der Waals surface area contributed by atoms with Crippen LogP contribution in [0.15, 0.2) is 60.7 Å². The molecule has 10 nitrogen and oxygen atoms in total. The third kappa shape index (κ3) is 8.65. The second-order valence-electron chi connectivity index (χ2n) is 11.5. The fourth-order valence-corrected chi connectivity index (χ4v) is 4.63. The fraction of sp³-hybridized carbons (Fsp3) is 0.419. The smallest absolute Gasteiger partial charge is 0.356 e. The van der Waals surface area contributed by atoms with Crippen molar-refractivity contribution < 1.29 is 29.0 Å². The summed E-state index contributed by atoms with van der Waals surface area (Å²) in [7, 11) is 0. The van der Waals surface area contributed by atoms with Crippen molar-refractivity contribution in [1.29, 1.82) is 0 Å². The maximum Gasteiger partial charge on any atom is 0.356 e. The molecule has 1 aliphatic rings. The first-order valence-corrected chi connectivity index (χ1v) is 13.9. The maximum absolute atomic E-state index is 13.3. The number of carboxylic acids is 1. The lowest BCUT2D eigenvalue weighted by molar-refractivity contribution is -0.124. The van der Waals surface area contributed by atoms with Gasteiger partial charge >= 0.3 is 5.97 Å². The van der Waals surface area contributed by atoms with Crippen molar-refractivity contribution in [3.8, 4) is 5.75 Å². The van der Waals surface area contributed by atoms with E-state index in [0.29, 0.717) is 24.7 Å². The normalized spacial score (nSPS) is 17.0. The van der Waals surface area contributed by atoms with Crippen molar-refractivity contribution in [2.75, 3.05) is 11.9 Å². The number of ether oxygens (including phenoxy) is 2. The van der Waals surface area contributed by atoms with Gasteiger partial charge in [-0.25, -0.2) is 9.48 Å². The summed E-state index contributed by atoms with van der Waals surface area (Å²) in [5, 5.41) is 19.4.